The van der Waals surface area contributed by atoms with Crippen molar-refractivity contribution in [3.05, 3.63) is 18.2 Å². The van der Waals surface area contributed by atoms with Crippen molar-refractivity contribution in [2.24, 2.45) is 0 Å². The lowest BCUT2D eigenvalue weighted by atomic mass is 10.0. The number of carbonyl (C=O) groups is 3. The summed E-state index contributed by atoms with van der Waals surface area (Å²) in [5.41, 5.74) is 0.825. The summed E-state index contributed by atoms with van der Waals surface area (Å²) in [5.74, 6) is -0.865. The predicted octanol–water partition coefficient (Wildman–Crippen LogP) is 6.41. The molecule has 0 aliphatic heterocycles. The number of nitrogens with zero attached hydrogens (tertiary/aromatic N) is 1. The van der Waals surface area contributed by atoms with Crippen LogP contribution in [0.2, 0.25) is 0 Å². The van der Waals surface area contributed by atoms with Gasteiger partial charge in [0.25, 0.3) is 0 Å². The Morgan fingerprint density at radius 3 is 1.92 bits per heavy atom. The van der Waals surface area contributed by atoms with E-state index in [4.69, 9.17) is 14.2 Å². The highest BCUT2D eigenvalue weighted by molar-refractivity contribution is 5.70. The monoisotopic (exact) mass is 537 g/mol. The number of hydrogen-bond donors (Lipinski definition) is 2. The van der Waals surface area contributed by atoms with Gasteiger partial charge in [-0.25, -0.2) is 9.78 Å². The molecule has 1 unspecified atom stereocenters. The molecule has 1 rings (SSSR count). The summed E-state index contributed by atoms with van der Waals surface area (Å²) in [4.78, 5) is 42.3. The predicted molar refractivity (Wildman–Crippen MR) is 148 cm³/mol. The van der Waals surface area contributed by atoms with Crippen LogP contribution in [0.1, 0.15) is 122 Å². The Hall–Kier alpha value is -2.58. The van der Waals surface area contributed by atoms with E-state index in [1.807, 2.05) is 0 Å². The molecule has 0 aliphatic rings. The van der Waals surface area contributed by atoms with Crippen LogP contribution >= 0.6 is 0 Å². The third-order valence-corrected chi connectivity index (χ3v) is 6.36. The minimum absolute atomic E-state index is 0.152. The van der Waals surface area contributed by atoms with Crippen LogP contribution in [-0.4, -0.2) is 53.9 Å². The summed E-state index contributed by atoms with van der Waals surface area (Å²) in [6.07, 6.45) is 21.6. The molecule has 0 spiro atoms. The zero-order valence-corrected chi connectivity index (χ0v) is 23.8. The van der Waals surface area contributed by atoms with Crippen molar-refractivity contribution >= 4 is 18.0 Å². The molecule has 38 heavy (non-hydrogen) atoms. The molecule has 0 aromatic carbocycles. The average molecular weight is 538 g/mol. The molecule has 0 fully saturated rings. The largest absolute Gasteiger partial charge is 0.462 e. The van der Waals surface area contributed by atoms with Crippen LogP contribution < -0.4 is 5.32 Å². The van der Waals surface area contributed by atoms with E-state index in [2.05, 4.69) is 22.2 Å². The lowest BCUT2D eigenvalue weighted by molar-refractivity contribution is -0.160. The summed E-state index contributed by atoms with van der Waals surface area (Å²) in [5, 5.41) is 2.61. The second-order valence-corrected chi connectivity index (χ2v) is 9.95. The van der Waals surface area contributed by atoms with E-state index in [0.29, 0.717) is 19.4 Å². The molecule has 2 N–H and O–H groups in total. The second-order valence-electron chi connectivity index (χ2n) is 9.95. The summed E-state index contributed by atoms with van der Waals surface area (Å²) in [7, 11) is 0. The van der Waals surface area contributed by atoms with Gasteiger partial charge in [-0.3, -0.25) is 9.59 Å². The van der Waals surface area contributed by atoms with Gasteiger partial charge in [0.1, 0.15) is 13.2 Å². The molecule has 218 valence electrons. The minimum atomic E-state index is -0.833. The minimum Gasteiger partial charge on any atom is -0.462 e. The third kappa shape index (κ3) is 20.5. The number of aromatic amines is 1. The molecule has 9 nitrogen and oxygen atoms in total. The van der Waals surface area contributed by atoms with E-state index in [1.165, 1.54) is 84.0 Å². The first-order chi connectivity index (χ1) is 18.5. The van der Waals surface area contributed by atoms with Crippen molar-refractivity contribution < 1.29 is 28.6 Å². The number of aromatic nitrogens is 2. The number of ether oxygens (including phenoxy) is 3. The fraction of sp³-hybridized carbons (Fsp3) is 0.793. The first-order valence-electron chi connectivity index (χ1n) is 14.7. The number of alkyl carbamates (subject to hydrolysis) is 1. The number of nitrogens with one attached hydrogen (secondary N) is 2. The Balaban J connectivity index is 2.06. The highest BCUT2D eigenvalue weighted by atomic mass is 16.6. The van der Waals surface area contributed by atoms with Gasteiger partial charge in [-0.05, 0) is 6.42 Å². The van der Waals surface area contributed by atoms with E-state index in [1.54, 1.807) is 12.5 Å². The molecule has 0 aliphatic carbocycles. The van der Waals surface area contributed by atoms with Gasteiger partial charge < -0.3 is 24.5 Å². The van der Waals surface area contributed by atoms with Gasteiger partial charge in [-0.2, -0.15) is 0 Å². The maximum Gasteiger partial charge on any atom is 0.407 e. The fourth-order valence-electron chi connectivity index (χ4n) is 4.15. The maximum absolute atomic E-state index is 12.3. The normalized spacial score (nSPS) is 11.6. The van der Waals surface area contributed by atoms with Gasteiger partial charge in [0.05, 0.1) is 12.0 Å². The standard InChI is InChI=1S/C29H51N3O6/c1-3-4-5-6-7-8-9-10-11-12-13-14-15-16-17-18-28(34)38-27(22-36-25(2)33)23-37-29(35)31-20-19-26-21-30-24-32-26/h21,24,27H,3-20,22-23H2,1-2H3,(H,30,32)(H,31,35). The van der Waals surface area contributed by atoms with Gasteiger partial charge >= 0.3 is 18.0 Å². The smallest absolute Gasteiger partial charge is 0.407 e. The van der Waals surface area contributed by atoms with E-state index < -0.39 is 18.2 Å². The first-order valence-corrected chi connectivity index (χ1v) is 14.7. The highest BCUT2D eigenvalue weighted by Gasteiger charge is 2.18. The Labute approximate surface area is 229 Å². The van der Waals surface area contributed by atoms with E-state index >= 15 is 0 Å². The molecular formula is C29H51N3O6. The molecule has 1 atom stereocenters. The summed E-state index contributed by atoms with van der Waals surface area (Å²) >= 11 is 0. The summed E-state index contributed by atoms with van der Waals surface area (Å²) in [6.45, 7) is 3.55. The fourth-order valence-corrected chi connectivity index (χ4v) is 4.15. The number of carbonyl (C=O) groups excluding carboxylic acids is 3. The molecular weight excluding hydrogens is 486 g/mol. The van der Waals surface area contributed by atoms with Gasteiger partial charge in [-0.15, -0.1) is 0 Å². The maximum atomic E-state index is 12.3. The Bertz CT molecular complexity index is 726. The summed E-state index contributed by atoms with van der Waals surface area (Å²) in [6, 6.07) is 0. The van der Waals surface area contributed by atoms with Gasteiger partial charge in [0.2, 0.25) is 0 Å². The molecule has 1 heterocycles. The zero-order chi connectivity index (χ0) is 27.7. The van der Waals surface area contributed by atoms with Gasteiger partial charge in [-0.1, -0.05) is 96.8 Å². The van der Waals surface area contributed by atoms with Gasteiger partial charge in [0, 0.05) is 32.5 Å². The van der Waals surface area contributed by atoms with Crippen LogP contribution in [0, 0.1) is 0 Å². The Kier molecular flexibility index (Phi) is 20.7. The summed E-state index contributed by atoms with van der Waals surface area (Å²) < 4.78 is 15.5. The third-order valence-electron chi connectivity index (χ3n) is 6.36. The van der Waals surface area contributed by atoms with Gasteiger partial charge in [0.15, 0.2) is 6.10 Å². The molecule has 1 amide bonds. The van der Waals surface area contributed by atoms with Crippen LogP contribution in [0.15, 0.2) is 12.5 Å². The zero-order valence-electron chi connectivity index (χ0n) is 23.8. The number of rotatable bonds is 24. The molecule has 1 aromatic rings. The lowest BCUT2D eigenvalue weighted by Gasteiger charge is -2.18. The lowest BCUT2D eigenvalue weighted by Crippen LogP contribution is -2.34. The van der Waals surface area contributed by atoms with Crippen molar-refractivity contribution in [3.8, 4) is 0 Å². The van der Waals surface area contributed by atoms with Crippen LogP contribution in [0.4, 0.5) is 4.79 Å². The number of unbranched alkanes of at least 4 members (excludes halogenated alkanes) is 14. The van der Waals surface area contributed by atoms with E-state index in [-0.39, 0.29) is 19.2 Å². The van der Waals surface area contributed by atoms with E-state index in [0.717, 1.165) is 25.0 Å². The highest BCUT2D eigenvalue weighted by Crippen LogP contribution is 2.14. The average Bonchev–Trinajstić information content (AvgIpc) is 3.41. The number of esters is 2. The quantitative estimate of drug-likeness (QED) is 0.0887. The first kappa shape index (κ1) is 33.4. The van der Waals surface area contributed by atoms with Crippen molar-refractivity contribution in [1.82, 2.24) is 15.3 Å². The number of amides is 1. The number of H-pyrrole nitrogens is 1. The topological polar surface area (TPSA) is 120 Å². The van der Waals surface area contributed by atoms with Crippen LogP contribution in [0.3, 0.4) is 0 Å². The number of imidazole rings is 1. The van der Waals surface area contributed by atoms with Crippen molar-refractivity contribution in [2.45, 2.75) is 129 Å². The van der Waals surface area contributed by atoms with Crippen LogP contribution in [-0.2, 0) is 30.2 Å². The second kappa shape index (κ2) is 23.5. The SMILES string of the molecule is CCCCCCCCCCCCCCCCCC(=O)OC(COC(C)=O)COC(=O)NCCc1c[nH]cn1. The van der Waals surface area contributed by atoms with Crippen LogP contribution in [0.5, 0.6) is 0 Å². The number of hydrogen-bond acceptors (Lipinski definition) is 7. The Morgan fingerprint density at radius 2 is 1.39 bits per heavy atom. The molecule has 1 aromatic heterocycles. The molecule has 0 bridgehead atoms. The molecule has 0 radical (unpaired) electrons. The van der Waals surface area contributed by atoms with Crippen molar-refractivity contribution in [1.29, 1.82) is 0 Å². The molecule has 0 saturated carbocycles. The molecule has 9 heteroatoms. The van der Waals surface area contributed by atoms with Crippen molar-refractivity contribution in [2.75, 3.05) is 19.8 Å². The van der Waals surface area contributed by atoms with Crippen molar-refractivity contribution in [3.63, 3.8) is 0 Å². The van der Waals surface area contributed by atoms with E-state index in [9.17, 15) is 14.4 Å². The molecule has 0 saturated heterocycles. The Morgan fingerprint density at radius 1 is 0.842 bits per heavy atom. The van der Waals surface area contributed by atoms with Crippen LogP contribution in [0.25, 0.3) is 0 Å².